The molecule has 60 valence electrons. The molecule has 0 N–H and O–H groups in total. The average molecular weight is 154 g/mol. The number of hydrogen-bond acceptors (Lipinski definition) is 1. The quantitative estimate of drug-likeness (QED) is 0.649. The van der Waals surface area contributed by atoms with Gasteiger partial charge in [-0.2, -0.15) is 5.10 Å². The van der Waals surface area contributed by atoms with Crippen LogP contribution in [0.5, 0.6) is 0 Å². The smallest absolute Gasteiger partial charge is 0.109 e. The van der Waals surface area contributed by atoms with Crippen LogP contribution in [0.2, 0.25) is 0 Å². The van der Waals surface area contributed by atoms with Crippen LogP contribution in [0.15, 0.2) is 12.6 Å². The van der Waals surface area contributed by atoms with Gasteiger partial charge >= 0.3 is 0 Å². The Morgan fingerprint density at radius 1 is 1.82 bits per heavy atom. The molecule has 0 aliphatic carbocycles. The zero-order chi connectivity index (χ0) is 8.27. The summed E-state index contributed by atoms with van der Waals surface area (Å²) in [7, 11) is 0. The normalized spacial score (nSPS) is 10.0. The molecule has 0 aromatic carbocycles. The van der Waals surface area contributed by atoms with Crippen LogP contribution in [0.3, 0.4) is 0 Å². The third-order valence-electron chi connectivity index (χ3n) is 1.44. The SMILES string of the molecule is C=Cc1cc(C)nn1CCF. The maximum absolute atomic E-state index is 11.9. The van der Waals surface area contributed by atoms with Gasteiger partial charge in [0.2, 0.25) is 0 Å². The Morgan fingerprint density at radius 2 is 2.55 bits per heavy atom. The third-order valence-corrected chi connectivity index (χ3v) is 1.44. The molecule has 0 saturated heterocycles. The topological polar surface area (TPSA) is 17.8 Å². The Labute approximate surface area is 65.3 Å². The summed E-state index contributed by atoms with van der Waals surface area (Å²) in [6.07, 6.45) is 1.68. The molecule has 1 heterocycles. The summed E-state index contributed by atoms with van der Waals surface area (Å²) in [5.41, 5.74) is 1.77. The lowest BCUT2D eigenvalue weighted by Crippen LogP contribution is -2.03. The van der Waals surface area contributed by atoms with Crippen molar-refractivity contribution in [2.75, 3.05) is 6.67 Å². The summed E-state index contributed by atoms with van der Waals surface area (Å²) in [4.78, 5) is 0. The molecule has 0 radical (unpaired) electrons. The lowest BCUT2D eigenvalue weighted by molar-refractivity contribution is 0.425. The standard InChI is InChI=1S/C8H11FN2/c1-3-8-6-7(2)10-11(8)5-4-9/h3,6H,1,4-5H2,2H3. The van der Waals surface area contributed by atoms with Crippen molar-refractivity contribution in [2.45, 2.75) is 13.5 Å². The van der Waals surface area contributed by atoms with Crippen molar-refractivity contribution in [3.05, 3.63) is 24.0 Å². The minimum absolute atomic E-state index is 0.315. The average Bonchev–Trinajstić information content (AvgIpc) is 2.32. The van der Waals surface area contributed by atoms with Crippen LogP contribution in [-0.4, -0.2) is 16.5 Å². The van der Waals surface area contributed by atoms with Crippen molar-refractivity contribution in [1.29, 1.82) is 0 Å². The fraction of sp³-hybridized carbons (Fsp3) is 0.375. The molecule has 3 heteroatoms. The van der Waals surface area contributed by atoms with Gasteiger partial charge in [-0.1, -0.05) is 6.58 Å². The minimum atomic E-state index is -0.387. The number of alkyl halides is 1. The first kappa shape index (κ1) is 7.98. The highest BCUT2D eigenvalue weighted by molar-refractivity contribution is 5.42. The number of hydrogen-bond donors (Lipinski definition) is 0. The van der Waals surface area contributed by atoms with Gasteiger partial charge in [0.05, 0.1) is 17.9 Å². The number of aryl methyl sites for hydroxylation is 2. The largest absolute Gasteiger partial charge is 0.263 e. The maximum Gasteiger partial charge on any atom is 0.109 e. The highest BCUT2D eigenvalue weighted by Crippen LogP contribution is 2.04. The van der Waals surface area contributed by atoms with Gasteiger partial charge in [0.15, 0.2) is 0 Å². The second-order valence-corrected chi connectivity index (χ2v) is 2.33. The molecule has 0 unspecified atom stereocenters. The zero-order valence-corrected chi connectivity index (χ0v) is 6.55. The van der Waals surface area contributed by atoms with E-state index < -0.39 is 0 Å². The van der Waals surface area contributed by atoms with Crippen LogP contribution in [0.4, 0.5) is 4.39 Å². The Kier molecular flexibility index (Phi) is 2.41. The van der Waals surface area contributed by atoms with E-state index in [0.29, 0.717) is 6.54 Å². The fourth-order valence-electron chi connectivity index (χ4n) is 0.989. The van der Waals surface area contributed by atoms with Crippen LogP contribution in [-0.2, 0) is 6.54 Å². The second kappa shape index (κ2) is 3.32. The molecule has 0 fully saturated rings. The van der Waals surface area contributed by atoms with Crippen molar-refractivity contribution in [3.63, 3.8) is 0 Å². The molecule has 0 amide bonds. The summed E-state index contributed by atoms with van der Waals surface area (Å²) in [6.45, 7) is 5.41. The number of nitrogens with zero attached hydrogens (tertiary/aromatic N) is 2. The molecule has 0 atom stereocenters. The van der Waals surface area contributed by atoms with E-state index in [2.05, 4.69) is 11.7 Å². The Morgan fingerprint density at radius 3 is 3.09 bits per heavy atom. The summed E-state index contributed by atoms with van der Waals surface area (Å²) in [5, 5.41) is 4.08. The Balaban J connectivity index is 2.92. The highest BCUT2D eigenvalue weighted by atomic mass is 19.1. The zero-order valence-electron chi connectivity index (χ0n) is 6.55. The molecule has 0 aliphatic heterocycles. The van der Waals surface area contributed by atoms with Gasteiger partial charge in [-0.3, -0.25) is 4.68 Å². The van der Waals surface area contributed by atoms with E-state index in [0.717, 1.165) is 11.4 Å². The highest BCUT2D eigenvalue weighted by Gasteiger charge is 1.99. The lowest BCUT2D eigenvalue weighted by Gasteiger charge is -1.98. The molecule has 11 heavy (non-hydrogen) atoms. The predicted octanol–water partition coefficient (Wildman–Crippen LogP) is 1.80. The third kappa shape index (κ3) is 1.67. The summed E-state index contributed by atoms with van der Waals surface area (Å²) in [5.74, 6) is 0. The first-order valence-corrected chi connectivity index (χ1v) is 3.50. The molecule has 1 aromatic rings. The predicted molar refractivity (Wildman–Crippen MR) is 43.0 cm³/mol. The van der Waals surface area contributed by atoms with Gasteiger partial charge in [-0.15, -0.1) is 0 Å². The molecule has 0 spiro atoms. The van der Waals surface area contributed by atoms with Crippen LogP contribution < -0.4 is 0 Å². The van der Waals surface area contributed by atoms with Crippen LogP contribution in [0, 0.1) is 6.92 Å². The molecular weight excluding hydrogens is 143 g/mol. The summed E-state index contributed by atoms with van der Waals surface area (Å²) < 4.78 is 13.5. The van der Waals surface area contributed by atoms with E-state index in [4.69, 9.17) is 0 Å². The van der Waals surface area contributed by atoms with E-state index in [-0.39, 0.29) is 6.67 Å². The van der Waals surface area contributed by atoms with Gasteiger partial charge in [0.1, 0.15) is 6.67 Å². The first-order chi connectivity index (χ1) is 5.27. The molecule has 0 aliphatic rings. The molecule has 1 rings (SSSR count). The van der Waals surface area contributed by atoms with Crippen molar-refractivity contribution in [1.82, 2.24) is 9.78 Å². The summed E-state index contributed by atoms with van der Waals surface area (Å²) in [6, 6.07) is 1.88. The molecule has 1 aromatic heterocycles. The lowest BCUT2D eigenvalue weighted by atomic mass is 10.4. The number of halogens is 1. The molecule has 0 bridgehead atoms. The Hall–Kier alpha value is -1.12. The van der Waals surface area contributed by atoms with Crippen molar-refractivity contribution >= 4 is 6.08 Å². The van der Waals surface area contributed by atoms with Crippen LogP contribution in [0.1, 0.15) is 11.4 Å². The second-order valence-electron chi connectivity index (χ2n) is 2.33. The van der Waals surface area contributed by atoms with Gasteiger partial charge in [-0.05, 0) is 19.1 Å². The van der Waals surface area contributed by atoms with Gasteiger partial charge in [0, 0.05) is 0 Å². The van der Waals surface area contributed by atoms with Gasteiger partial charge in [0.25, 0.3) is 0 Å². The first-order valence-electron chi connectivity index (χ1n) is 3.50. The summed E-state index contributed by atoms with van der Waals surface area (Å²) >= 11 is 0. The van der Waals surface area contributed by atoms with E-state index in [1.807, 2.05) is 13.0 Å². The van der Waals surface area contributed by atoms with E-state index in [1.165, 1.54) is 0 Å². The molecule has 0 saturated carbocycles. The van der Waals surface area contributed by atoms with Gasteiger partial charge < -0.3 is 0 Å². The van der Waals surface area contributed by atoms with Crippen molar-refractivity contribution < 1.29 is 4.39 Å². The van der Waals surface area contributed by atoms with E-state index >= 15 is 0 Å². The van der Waals surface area contributed by atoms with Crippen molar-refractivity contribution in [2.24, 2.45) is 0 Å². The van der Waals surface area contributed by atoms with Crippen molar-refractivity contribution in [3.8, 4) is 0 Å². The van der Waals surface area contributed by atoms with E-state index in [9.17, 15) is 4.39 Å². The monoisotopic (exact) mass is 154 g/mol. The fourth-order valence-corrected chi connectivity index (χ4v) is 0.989. The number of aromatic nitrogens is 2. The maximum atomic E-state index is 11.9. The Bertz CT molecular complexity index is 253. The van der Waals surface area contributed by atoms with Crippen LogP contribution >= 0.6 is 0 Å². The number of rotatable bonds is 3. The van der Waals surface area contributed by atoms with Crippen LogP contribution in [0.25, 0.3) is 6.08 Å². The minimum Gasteiger partial charge on any atom is -0.263 e. The van der Waals surface area contributed by atoms with Gasteiger partial charge in [-0.25, -0.2) is 4.39 Å². The van der Waals surface area contributed by atoms with E-state index in [1.54, 1.807) is 10.8 Å². The molecular formula is C8H11FN2. The molecule has 2 nitrogen and oxygen atoms in total.